The summed E-state index contributed by atoms with van der Waals surface area (Å²) in [6.45, 7) is 0. The van der Waals surface area contributed by atoms with Crippen LogP contribution in [0.3, 0.4) is 0 Å². The Morgan fingerprint density at radius 2 is 1.86 bits per heavy atom. The average molecular weight is 336 g/mol. The number of hydrogen-bond donors (Lipinski definition) is 1. The maximum absolute atomic E-state index is 11.5. The van der Waals surface area contributed by atoms with Gasteiger partial charge in [-0.15, -0.1) is 11.8 Å². The summed E-state index contributed by atoms with van der Waals surface area (Å²) in [6.07, 6.45) is 2.85. The van der Waals surface area contributed by atoms with Crippen LogP contribution >= 0.6 is 35.0 Å². The molecule has 0 aliphatic rings. The summed E-state index contributed by atoms with van der Waals surface area (Å²) < 4.78 is 0. The van der Waals surface area contributed by atoms with Crippen LogP contribution in [-0.2, 0) is 0 Å². The molecular formula is C16H11Cl2NOS. The SMILES string of the molecule is CSc1ccc(-c2[nH]c3cc(Cl)cc(Cl)c3c2C=O)cc1. The van der Waals surface area contributed by atoms with E-state index in [2.05, 4.69) is 4.98 Å². The molecule has 21 heavy (non-hydrogen) atoms. The molecule has 0 unspecified atom stereocenters. The average Bonchev–Trinajstić information content (AvgIpc) is 2.85. The number of carbonyl (C=O) groups is 1. The number of fused-ring (bicyclic) bond motifs is 1. The van der Waals surface area contributed by atoms with Gasteiger partial charge in [-0.25, -0.2) is 0 Å². The number of halogens is 2. The minimum Gasteiger partial charge on any atom is -0.354 e. The fourth-order valence-electron chi connectivity index (χ4n) is 2.38. The van der Waals surface area contributed by atoms with Crippen molar-refractivity contribution >= 4 is 52.2 Å². The van der Waals surface area contributed by atoms with Crippen LogP contribution < -0.4 is 0 Å². The maximum Gasteiger partial charge on any atom is 0.152 e. The fourth-order valence-corrected chi connectivity index (χ4v) is 3.38. The Bertz CT molecular complexity index is 824. The van der Waals surface area contributed by atoms with Gasteiger partial charge in [0.15, 0.2) is 6.29 Å². The van der Waals surface area contributed by atoms with Crippen molar-refractivity contribution in [3.05, 3.63) is 52.0 Å². The van der Waals surface area contributed by atoms with E-state index in [-0.39, 0.29) is 0 Å². The highest BCUT2D eigenvalue weighted by molar-refractivity contribution is 7.98. The Balaban J connectivity index is 2.26. The lowest BCUT2D eigenvalue weighted by atomic mass is 10.1. The first kappa shape index (κ1) is 14.5. The predicted molar refractivity (Wildman–Crippen MR) is 90.9 cm³/mol. The van der Waals surface area contributed by atoms with Gasteiger partial charge in [0.05, 0.1) is 10.7 Å². The number of benzene rings is 2. The summed E-state index contributed by atoms with van der Waals surface area (Å²) in [4.78, 5) is 15.9. The third-order valence-electron chi connectivity index (χ3n) is 3.35. The van der Waals surface area contributed by atoms with Gasteiger partial charge in [-0.2, -0.15) is 0 Å². The number of rotatable bonds is 3. The van der Waals surface area contributed by atoms with Crippen LogP contribution in [0.2, 0.25) is 10.0 Å². The number of thioether (sulfide) groups is 1. The van der Waals surface area contributed by atoms with E-state index in [0.717, 1.165) is 23.1 Å². The van der Waals surface area contributed by atoms with Crippen LogP contribution in [0.15, 0.2) is 41.3 Å². The Labute approximate surface area is 136 Å². The molecule has 5 heteroatoms. The van der Waals surface area contributed by atoms with E-state index in [4.69, 9.17) is 23.2 Å². The van der Waals surface area contributed by atoms with Crippen molar-refractivity contribution in [1.29, 1.82) is 0 Å². The zero-order valence-corrected chi connectivity index (χ0v) is 13.4. The lowest BCUT2D eigenvalue weighted by Gasteiger charge is -2.01. The molecule has 3 rings (SSSR count). The number of aromatic amines is 1. The number of carbonyl (C=O) groups excluding carboxylic acids is 1. The minimum atomic E-state index is 0.475. The first-order valence-corrected chi connectivity index (χ1v) is 8.22. The molecule has 2 nitrogen and oxygen atoms in total. The molecular weight excluding hydrogens is 325 g/mol. The summed E-state index contributed by atoms with van der Waals surface area (Å²) in [5.41, 5.74) is 3.03. The maximum atomic E-state index is 11.5. The second-order valence-corrected chi connectivity index (χ2v) is 6.29. The summed E-state index contributed by atoms with van der Waals surface area (Å²) in [7, 11) is 0. The molecule has 0 saturated carbocycles. The van der Waals surface area contributed by atoms with E-state index in [1.807, 2.05) is 30.5 Å². The Hall–Kier alpha value is -1.42. The summed E-state index contributed by atoms with van der Waals surface area (Å²) in [6, 6.07) is 11.4. The molecule has 2 aromatic carbocycles. The highest BCUT2D eigenvalue weighted by atomic mass is 35.5. The quantitative estimate of drug-likeness (QED) is 0.493. The molecule has 0 fully saturated rings. The van der Waals surface area contributed by atoms with E-state index >= 15 is 0 Å². The monoisotopic (exact) mass is 335 g/mol. The lowest BCUT2D eigenvalue weighted by molar-refractivity contribution is 0.112. The number of nitrogens with one attached hydrogen (secondary N) is 1. The highest BCUT2D eigenvalue weighted by Crippen LogP contribution is 2.36. The third-order valence-corrected chi connectivity index (χ3v) is 4.61. The molecule has 0 amide bonds. The van der Waals surface area contributed by atoms with Crippen LogP contribution in [0.5, 0.6) is 0 Å². The van der Waals surface area contributed by atoms with Gasteiger partial charge in [-0.1, -0.05) is 35.3 Å². The molecule has 0 spiro atoms. The minimum absolute atomic E-state index is 0.475. The molecule has 0 aliphatic carbocycles. The topological polar surface area (TPSA) is 32.9 Å². The molecule has 0 bridgehead atoms. The molecule has 0 radical (unpaired) electrons. The van der Waals surface area contributed by atoms with Gasteiger partial charge in [0.25, 0.3) is 0 Å². The van der Waals surface area contributed by atoms with Crippen molar-refractivity contribution in [1.82, 2.24) is 4.98 Å². The zero-order valence-electron chi connectivity index (χ0n) is 11.1. The second kappa shape index (κ2) is 5.76. The van der Waals surface area contributed by atoms with Crippen molar-refractivity contribution in [2.24, 2.45) is 0 Å². The number of aldehydes is 1. The lowest BCUT2D eigenvalue weighted by Crippen LogP contribution is -1.85. The van der Waals surface area contributed by atoms with E-state index in [1.54, 1.807) is 23.9 Å². The highest BCUT2D eigenvalue weighted by Gasteiger charge is 2.15. The van der Waals surface area contributed by atoms with Crippen molar-refractivity contribution in [3.8, 4) is 11.3 Å². The second-order valence-electron chi connectivity index (χ2n) is 4.57. The largest absolute Gasteiger partial charge is 0.354 e. The van der Waals surface area contributed by atoms with Crippen LogP contribution in [-0.4, -0.2) is 17.5 Å². The van der Waals surface area contributed by atoms with Gasteiger partial charge in [0, 0.05) is 26.4 Å². The smallest absolute Gasteiger partial charge is 0.152 e. The van der Waals surface area contributed by atoms with Gasteiger partial charge in [-0.3, -0.25) is 4.79 Å². The van der Waals surface area contributed by atoms with Crippen molar-refractivity contribution in [2.45, 2.75) is 4.90 Å². The standard InChI is InChI=1S/C16H11Cl2NOS/c1-21-11-4-2-9(3-5-11)16-12(8-20)15-13(18)6-10(17)7-14(15)19-16/h2-8,19H,1H3. The van der Waals surface area contributed by atoms with Crippen molar-refractivity contribution in [2.75, 3.05) is 6.26 Å². The molecule has 0 aliphatic heterocycles. The number of H-pyrrole nitrogens is 1. The van der Waals surface area contributed by atoms with Gasteiger partial charge < -0.3 is 4.98 Å². The van der Waals surface area contributed by atoms with Crippen LogP contribution in [0, 0.1) is 0 Å². The first-order chi connectivity index (χ1) is 10.1. The Morgan fingerprint density at radius 3 is 2.48 bits per heavy atom. The summed E-state index contributed by atoms with van der Waals surface area (Å²) in [5, 5.41) is 1.72. The summed E-state index contributed by atoms with van der Waals surface area (Å²) in [5.74, 6) is 0. The van der Waals surface area contributed by atoms with E-state index < -0.39 is 0 Å². The molecule has 3 aromatic rings. The first-order valence-electron chi connectivity index (χ1n) is 6.24. The molecule has 1 aromatic heterocycles. The normalized spacial score (nSPS) is 11.0. The van der Waals surface area contributed by atoms with Crippen LogP contribution in [0.1, 0.15) is 10.4 Å². The van der Waals surface area contributed by atoms with Gasteiger partial charge in [0.2, 0.25) is 0 Å². The molecule has 0 atom stereocenters. The van der Waals surface area contributed by atoms with Crippen molar-refractivity contribution in [3.63, 3.8) is 0 Å². The van der Waals surface area contributed by atoms with Gasteiger partial charge in [0.1, 0.15) is 0 Å². The van der Waals surface area contributed by atoms with E-state index in [1.165, 1.54) is 4.90 Å². The Morgan fingerprint density at radius 1 is 1.14 bits per heavy atom. The predicted octanol–water partition coefficient (Wildman–Crippen LogP) is 5.68. The number of aromatic nitrogens is 1. The van der Waals surface area contributed by atoms with Crippen molar-refractivity contribution < 1.29 is 4.79 Å². The van der Waals surface area contributed by atoms with Gasteiger partial charge in [-0.05, 0) is 36.1 Å². The Kier molecular flexibility index (Phi) is 3.98. The van der Waals surface area contributed by atoms with E-state index in [9.17, 15) is 4.79 Å². The third kappa shape index (κ3) is 2.57. The van der Waals surface area contributed by atoms with E-state index in [0.29, 0.717) is 21.0 Å². The van der Waals surface area contributed by atoms with Crippen LogP contribution in [0.25, 0.3) is 22.2 Å². The molecule has 1 heterocycles. The number of hydrogen-bond acceptors (Lipinski definition) is 2. The molecule has 1 N–H and O–H groups in total. The summed E-state index contributed by atoms with van der Waals surface area (Å²) >= 11 is 13.9. The fraction of sp³-hybridized carbons (Fsp3) is 0.0625. The van der Waals surface area contributed by atoms with Crippen LogP contribution in [0.4, 0.5) is 0 Å². The zero-order chi connectivity index (χ0) is 15.0. The van der Waals surface area contributed by atoms with Gasteiger partial charge >= 0.3 is 0 Å². The molecule has 106 valence electrons. The molecule has 0 saturated heterocycles.